The minimum absolute atomic E-state index is 0.0717. The molecule has 6 heteroatoms. The van der Waals surface area contributed by atoms with E-state index in [0.717, 1.165) is 70.6 Å². The highest BCUT2D eigenvalue weighted by Crippen LogP contribution is 2.17. The van der Waals surface area contributed by atoms with Gasteiger partial charge >= 0.3 is 17.9 Å². The largest absolute Gasteiger partial charge is 0.462 e. The highest BCUT2D eigenvalue weighted by molar-refractivity contribution is 5.71. The first kappa shape index (κ1) is 66.6. The van der Waals surface area contributed by atoms with E-state index in [-0.39, 0.29) is 31.1 Å². The lowest BCUT2D eigenvalue weighted by atomic mass is 10.0. The Hall–Kier alpha value is -2.37. The molecule has 0 saturated heterocycles. The van der Waals surface area contributed by atoms with Gasteiger partial charge in [-0.15, -0.1) is 0 Å². The van der Waals surface area contributed by atoms with E-state index >= 15 is 0 Å². The van der Waals surface area contributed by atoms with Gasteiger partial charge in [0.15, 0.2) is 6.10 Å². The first-order valence-electron chi connectivity index (χ1n) is 30.5. The average Bonchev–Trinajstić information content (AvgIpc) is 3.35. The first-order valence-corrected chi connectivity index (χ1v) is 30.5. The van der Waals surface area contributed by atoms with Crippen LogP contribution >= 0.6 is 0 Å². The molecule has 0 heterocycles. The second kappa shape index (κ2) is 58.2. The molecule has 1 unspecified atom stereocenters. The van der Waals surface area contributed by atoms with Gasteiger partial charge < -0.3 is 14.2 Å². The van der Waals surface area contributed by atoms with Crippen molar-refractivity contribution in [3.05, 3.63) is 36.5 Å². The molecule has 0 amide bonds. The van der Waals surface area contributed by atoms with Gasteiger partial charge in [0.05, 0.1) is 0 Å². The zero-order valence-corrected chi connectivity index (χ0v) is 46.3. The van der Waals surface area contributed by atoms with Crippen LogP contribution in [0.25, 0.3) is 0 Å². The van der Waals surface area contributed by atoms with Gasteiger partial charge in [0.2, 0.25) is 0 Å². The number of esters is 3. The summed E-state index contributed by atoms with van der Waals surface area (Å²) in [4.78, 5) is 38.0. The summed E-state index contributed by atoms with van der Waals surface area (Å²) >= 11 is 0. The van der Waals surface area contributed by atoms with E-state index in [1.807, 2.05) is 0 Å². The molecular formula is C63H116O6. The second-order valence-electron chi connectivity index (χ2n) is 20.6. The van der Waals surface area contributed by atoms with Gasteiger partial charge in [-0.25, -0.2) is 0 Å². The number of ether oxygens (including phenoxy) is 3. The van der Waals surface area contributed by atoms with E-state index < -0.39 is 6.10 Å². The van der Waals surface area contributed by atoms with Crippen molar-refractivity contribution in [2.24, 2.45) is 0 Å². The van der Waals surface area contributed by atoms with Crippen LogP contribution in [0.1, 0.15) is 329 Å². The van der Waals surface area contributed by atoms with Crippen LogP contribution in [-0.2, 0) is 28.6 Å². The van der Waals surface area contributed by atoms with Gasteiger partial charge in [-0.3, -0.25) is 14.4 Å². The Morgan fingerprint density at radius 1 is 0.290 bits per heavy atom. The Balaban J connectivity index is 4.11. The van der Waals surface area contributed by atoms with Crippen LogP contribution in [0.4, 0.5) is 0 Å². The van der Waals surface area contributed by atoms with Crippen molar-refractivity contribution in [1.29, 1.82) is 0 Å². The quantitative estimate of drug-likeness (QED) is 0.0261. The zero-order valence-electron chi connectivity index (χ0n) is 46.3. The number of carbonyl (C=O) groups is 3. The average molecular weight is 970 g/mol. The molecule has 0 aromatic rings. The fourth-order valence-corrected chi connectivity index (χ4v) is 9.00. The van der Waals surface area contributed by atoms with E-state index in [2.05, 4.69) is 57.2 Å². The predicted octanol–water partition coefficient (Wildman–Crippen LogP) is 20.4. The Kier molecular flexibility index (Phi) is 56.2. The number of rotatable bonds is 56. The van der Waals surface area contributed by atoms with E-state index in [1.165, 1.54) is 218 Å². The Labute approximate surface area is 429 Å². The van der Waals surface area contributed by atoms with Gasteiger partial charge in [0, 0.05) is 19.3 Å². The molecule has 0 radical (unpaired) electrons. The van der Waals surface area contributed by atoms with Crippen LogP contribution in [-0.4, -0.2) is 37.2 Å². The van der Waals surface area contributed by atoms with Gasteiger partial charge in [0.25, 0.3) is 0 Å². The van der Waals surface area contributed by atoms with Crippen molar-refractivity contribution >= 4 is 17.9 Å². The molecule has 69 heavy (non-hydrogen) atoms. The van der Waals surface area contributed by atoms with Crippen LogP contribution in [0.15, 0.2) is 36.5 Å². The second-order valence-corrected chi connectivity index (χ2v) is 20.6. The Morgan fingerprint density at radius 3 is 0.812 bits per heavy atom. The lowest BCUT2D eigenvalue weighted by Gasteiger charge is -2.18. The Bertz CT molecular complexity index is 1160. The number of unbranched alkanes of at least 4 members (excludes halogenated alkanes) is 39. The minimum Gasteiger partial charge on any atom is -0.462 e. The van der Waals surface area contributed by atoms with Gasteiger partial charge in [-0.1, -0.05) is 269 Å². The highest BCUT2D eigenvalue weighted by atomic mass is 16.6. The minimum atomic E-state index is -0.771. The summed E-state index contributed by atoms with van der Waals surface area (Å²) in [7, 11) is 0. The molecule has 6 nitrogen and oxygen atoms in total. The van der Waals surface area contributed by atoms with Crippen molar-refractivity contribution in [3.63, 3.8) is 0 Å². The fraction of sp³-hybridized carbons (Fsp3) is 0.857. The smallest absolute Gasteiger partial charge is 0.306 e. The van der Waals surface area contributed by atoms with Crippen LogP contribution < -0.4 is 0 Å². The van der Waals surface area contributed by atoms with Crippen LogP contribution in [0.3, 0.4) is 0 Å². The van der Waals surface area contributed by atoms with Crippen molar-refractivity contribution in [1.82, 2.24) is 0 Å². The Morgan fingerprint density at radius 2 is 0.522 bits per heavy atom. The molecule has 1 atom stereocenters. The monoisotopic (exact) mass is 969 g/mol. The van der Waals surface area contributed by atoms with E-state index in [1.54, 1.807) is 0 Å². The third-order valence-corrected chi connectivity index (χ3v) is 13.6. The number of carbonyl (C=O) groups excluding carboxylic acids is 3. The molecule has 0 spiro atoms. The normalized spacial score (nSPS) is 12.2. The van der Waals surface area contributed by atoms with Gasteiger partial charge in [-0.2, -0.15) is 0 Å². The molecule has 404 valence electrons. The third kappa shape index (κ3) is 56.4. The molecule has 0 fully saturated rings. The van der Waals surface area contributed by atoms with E-state index in [0.29, 0.717) is 19.3 Å². The summed E-state index contributed by atoms with van der Waals surface area (Å²) in [6.45, 7) is 6.63. The van der Waals surface area contributed by atoms with E-state index in [9.17, 15) is 14.4 Å². The molecule has 0 aliphatic rings. The molecule has 0 rings (SSSR count). The molecule has 0 saturated carbocycles. The maximum Gasteiger partial charge on any atom is 0.306 e. The maximum atomic E-state index is 12.8. The number of hydrogen-bond acceptors (Lipinski definition) is 6. The molecule has 0 aliphatic heterocycles. The molecule has 0 N–H and O–H groups in total. The summed E-state index contributed by atoms with van der Waals surface area (Å²) in [5.74, 6) is -0.867. The topological polar surface area (TPSA) is 78.9 Å². The van der Waals surface area contributed by atoms with Crippen LogP contribution in [0.5, 0.6) is 0 Å². The van der Waals surface area contributed by atoms with Crippen molar-refractivity contribution < 1.29 is 28.6 Å². The number of allylic oxidation sites excluding steroid dienone is 6. The summed E-state index contributed by atoms with van der Waals surface area (Å²) in [5.41, 5.74) is 0. The van der Waals surface area contributed by atoms with Crippen LogP contribution in [0.2, 0.25) is 0 Å². The maximum absolute atomic E-state index is 12.8. The standard InChI is InChI=1S/C63H116O6/c1-4-7-10-13-16-19-21-23-25-27-28-29-30-31-32-33-34-35-36-37-39-40-42-44-47-50-53-56-62(65)68-59-60(58-67-61(64)55-52-49-46-18-15-12-9-6-3)69-63(66)57-54-51-48-45-43-41-38-26-24-22-20-17-14-11-8-5-2/h21,23,26-28,38,60H,4-20,22,24-25,29-37,39-59H2,1-3H3/b23-21-,28-27-,38-26-. The fourth-order valence-electron chi connectivity index (χ4n) is 9.00. The first-order chi connectivity index (χ1) is 34.0. The van der Waals surface area contributed by atoms with Gasteiger partial charge in [0.1, 0.15) is 13.2 Å². The van der Waals surface area contributed by atoms with E-state index in [4.69, 9.17) is 14.2 Å². The summed E-state index contributed by atoms with van der Waals surface area (Å²) < 4.78 is 16.8. The van der Waals surface area contributed by atoms with Crippen molar-refractivity contribution in [2.45, 2.75) is 335 Å². The molecular weight excluding hydrogens is 853 g/mol. The predicted molar refractivity (Wildman–Crippen MR) is 298 cm³/mol. The highest BCUT2D eigenvalue weighted by Gasteiger charge is 2.19. The summed E-state index contributed by atoms with van der Waals surface area (Å²) in [6.07, 6.45) is 70.2. The molecule has 0 aromatic heterocycles. The lowest BCUT2D eigenvalue weighted by molar-refractivity contribution is -0.167. The lowest BCUT2D eigenvalue weighted by Crippen LogP contribution is -2.30. The molecule has 0 aromatic carbocycles. The van der Waals surface area contributed by atoms with Crippen molar-refractivity contribution in [3.8, 4) is 0 Å². The molecule has 0 aliphatic carbocycles. The summed E-state index contributed by atoms with van der Waals surface area (Å²) in [6, 6.07) is 0. The number of hydrogen-bond donors (Lipinski definition) is 0. The van der Waals surface area contributed by atoms with Crippen LogP contribution in [0, 0.1) is 0 Å². The zero-order chi connectivity index (χ0) is 50.0. The SMILES string of the molecule is CCCCCCC/C=C\C/C=C\CCCCCCCCCCCCCCCCCC(=O)OCC(COC(=O)CCCCCCCCCC)OC(=O)CCCCCCC/C=C\CCCCCCCCC. The third-order valence-electron chi connectivity index (χ3n) is 13.6. The van der Waals surface area contributed by atoms with Crippen molar-refractivity contribution in [2.75, 3.05) is 13.2 Å². The van der Waals surface area contributed by atoms with Gasteiger partial charge in [-0.05, 0) is 77.0 Å². The summed E-state index contributed by atoms with van der Waals surface area (Å²) in [5, 5.41) is 0. The molecule has 0 bridgehead atoms.